The minimum absolute atomic E-state index is 0.0259. The number of aliphatic hydroxyl groups excluding tert-OH is 1. The molecule has 0 heterocycles. The number of rotatable bonds is 8. The van der Waals surface area contributed by atoms with Gasteiger partial charge in [0.15, 0.2) is 0 Å². The quantitative estimate of drug-likeness (QED) is 0.639. The van der Waals surface area contributed by atoms with Crippen molar-refractivity contribution in [2.24, 2.45) is 17.3 Å². The highest BCUT2D eigenvalue weighted by Gasteiger charge is 2.44. The summed E-state index contributed by atoms with van der Waals surface area (Å²) in [7, 11) is 0. The van der Waals surface area contributed by atoms with Gasteiger partial charge in [0, 0.05) is 13.2 Å². The van der Waals surface area contributed by atoms with Crippen molar-refractivity contribution in [3.05, 3.63) is 0 Å². The predicted molar refractivity (Wildman–Crippen MR) is 82.5 cm³/mol. The van der Waals surface area contributed by atoms with Crippen molar-refractivity contribution in [1.29, 1.82) is 0 Å². The number of amides is 1. The molecule has 22 heavy (non-hydrogen) atoms. The summed E-state index contributed by atoms with van der Waals surface area (Å²) in [6, 6.07) is 0. The van der Waals surface area contributed by atoms with E-state index in [4.69, 9.17) is 4.74 Å². The molecule has 2 atom stereocenters. The topological polar surface area (TPSA) is 95.9 Å². The zero-order valence-corrected chi connectivity index (χ0v) is 14.0. The molecule has 0 aromatic carbocycles. The molecule has 2 unspecified atom stereocenters. The van der Waals surface area contributed by atoms with Crippen LogP contribution in [0.25, 0.3) is 0 Å². The van der Waals surface area contributed by atoms with Gasteiger partial charge in [-0.3, -0.25) is 4.79 Å². The molecule has 6 heteroatoms. The fourth-order valence-electron chi connectivity index (χ4n) is 2.64. The lowest BCUT2D eigenvalue weighted by atomic mass is 9.75. The molecular weight excluding hydrogens is 286 g/mol. The Labute approximate surface area is 132 Å². The minimum atomic E-state index is -1.04. The molecule has 1 aliphatic rings. The Morgan fingerprint density at radius 3 is 2.32 bits per heavy atom. The molecule has 1 saturated carbocycles. The van der Waals surface area contributed by atoms with Gasteiger partial charge < -0.3 is 20.3 Å². The van der Waals surface area contributed by atoms with Gasteiger partial charge in [0.1, 0.15) is 5.60 Å². The highest BCUT2D eigenvalue weighted by molar-refractivity contribution is 5.76. The molecule has 1 rings (SSSR count). The molecule has 0 aliphatic heterocycles. The molecule has 0 aromatic heterocycles. The van der Waals surface area contributed by atoms with Crippen LogP contribution in [0.4, 0.5) is 4.79 Å². The van der Waals surface area contributed by atoms with E-state index in [1.165, 1.54) is 0 Å². The van der Waals surface area contributed by atoms with Crippen LogP contribution in [-0.2, 0) is 9.53 Å². The van der Waals surface area contributed by atoms with Crippen molar-refractivity contribution in [2.75, 3.05) is 13.2 Å². The van der Waals surface area contributed by atoms with E-state index in [2.05, 4.69) is 5.32 Å². The Balaban J connectivity index is 2.74. The van der Waals surface area contributed by atoms with E-state index in [-0.39, 0.29) is 19.1 Å². The van der Waals surface area contributed by atoms with E-state index in [1.54, 1.807) is 20.8 Å². The highest BCUT2D eigenvalue weighted by Crippen LogP contribution is 2.43. The second-order valence-corrected chi connectivity index (χ2v) is 7.58. The number of ether oxygens (including phenoxy) is 1. The van der Waals surface area contributed by atoms with Crippen molar-refractivity contribution >= 4 is 12.1 Å². The number of aliphatic carboxylic acids is 1. The maximum absolute atomic E-state index is 11.9. The summed E-state index contributed by atoms with van der Waals surface area (Å²) >= 11 is 0. The van der Waals surface area contributed by atoms with Crippen molar-refractivity contribution in [2.45, 2.75) is 59.0 Å². The summed E-state index contributed by atoms with van der Waals surface area (Å²) in [6.07, 6.45) is 2.34. The van der Waals surface area contributed by atoms with Crippen LogP contribution in [0.2, 0.25) is 0 Å². The molecule has 128 valence electrons. The summed E-state index contributed by atoms with van der Waals surface area (Å²) in [5.74, 6) is -0.645. The summed E-state index contributed by atoms with van der Waals surface area (Å²) < 4.78 is 5.17. The molecule has 0 saturated heterocycles. The zero-order valence-electron chi connectivity index (χ0n) is 14.0. The number of nitrogens with one attached hydrogen (secondary N) is 1. The van der Waals surface area contributed by atoms with Crippen LogP contribution in [0, 0.1) is 17.3 Å². The van der Waals surface area contributed by atoms with Crippen LogP contribution < -0.4 is 5.32 Å². The Morgan fingerprint density at radius 2 is 1.91 bits per heavy atom. The highest BCUT2D eigenvalue weighted by atomic mass is 16.6. The van der Waals surface area contributed by atoms with E-state index in [9.17, 15) is 19.8 Å². The maximum atomic E-state index is 11.9. The van der Waals surface area contributed by atoms with Gasteiger partial charge >= 0.3 is 12.1 Å². The molecule has 0 spiro atoms. The van der Waals surface area contributed by atoms with Crippen molar-refractivity contribution in [3.8, 4) is 0 Å². The fraction of sp³-hybridized carbons (Fsp3) is 0.875. The van der Waals surface area contributed by atoms with Crippen LogP contribution in [0.3, 0.4) is 0 Å². The number of alkyl carbamates (subject to hydrolysis) is 1. The minimum Gasteiger partial charge on any atom is -0.481 e. The smallest absolute Gasteiger partial charge is 0.407 e. The lowest BCUT2D eigenvalue weighted by molar-refractivity contribution is -0.150. The SMILES string of the molecule is CC(CO)CC(CNC(=O)OC(C)(C)C)(CC1CC1)C(=O)O. The van der Waals surface area contributed by atoms with Crippen molar-refractivity contribution < 1.29 is 24.5 Å². The molecule has 0 bridgehead atoms. The monoisotopic (exact) mass is 315 g/mol. The predicted octanol–water partition coefficient (Wildman–Crippen LogP) is 2.40. The third-order valence-corrected chi connectivity index (χ3v) is 3.85. The van der Waals surface area contributed by atoms with Gasteiger partial charge in [-0.15, -0.1) is 0 Å². The summed E-state index contributed by atoms with van der Waals surface area (Å²) in [5.41, 5.74) is -1.66. The lowest BCUT2D eigenvalue weighted by Gasteiger charge is -2.32. The van der Waals surface area contributed by atoms with Crippen LogP contribution in [-0.4, -0.2) is 41.0 Å². The van der Waals surface area contributed by atoms with E-state index in [0.29, 0.717) is 18.8 Å². The second kappa shape index (κ2) is 7.31. The summed E-state index contributed by atoms with van der Waals surface area (Å²) in [4.78, 5) is 23.7. The van der Waals surface area contributed by atoms with Gasteiger partial charge in [-0.1, -0.05) is 19.8 Å². The number of carbonyl (C=O) groups is 2. The number of carboxylic acid groups (broad SMARTS) is 1. The summed E-state index contributed by atoms with van der Waals surface area (Å²) in [6.45, 7) is 7.06. The second-order valence-electron chi connectivity index (χ2n) is 7.58. The van der Waals surface area contributed by atoms with Gasteiger partial charge in [0.25, 0.3) is 0 Å². The average Bonchev–Trinajstić information content (AvgIpc) is 3.17. The Morgan fingerprint density at radius 1 is 1.32 bits per heavy atom. The third kappa shape index (κ3) is 6.22. The Bertz CT molecular complexity index is 400. The average molecular weight is 315 g/mol. The number of hydrogen-bond donors (Lipinski definition) is 3. The largest absolute Gasteiger partial charge is 0.481 e. The van der Waals surface area contributed by atoms with E-state index in [0.717, 1.165) is 12.8 Å². The number of carbonyl (C=O) groups excluding carboxylic acids is 1. The van der Waals surface area contributed by atoms with Crippen molar-refractivity contribution in [3.63, 3.8) is 0 Å². The Hall–Kier alpha value is -1.30. The molecule has 1 fully saturated rings. The number of hydrogen-bond acceptors (Lipinski definition) is 4. The number of aliphatic hydroxyl groups is 1. The molecule has 0 radical (unpaired) electrons. The molecular formula is C16H29NO5. The van der Waals surface area contributed by atoms with Crippen LogP contribution in [0.5, 0.6) is 0 Å². The Kier molecular flexibility index (Phi) is 6.23. The van der Waals surface area contributed by atoms with Crippen LogP contribution in [0.15, 0.2) is 0 Å². The maximum Gasteiger partial charge on any atom is 0.407 e. The van der Waals surface area contributed by atoms with Crippen molar-refractivity contribution in [1.82, 2.24) is 5.32 Å². The van der Waals surface area contributed by atoms with Crippen LogP contribution in [0.1, 0.15) is 53.4 Å². The van der Waals surface area contributed by atoms with E-state index in [1.807, 2.05) is 6.92 Å². The van der Waals surface area contributed by atoms with Gasteiger partial charge in [-0.2, -0.15) is 0 Å². The first-order chi connectivity index (χ1) is 10.1. The molecule has 3 N–H and O–H groups in total. The molecule has 6 nitrogen and oxygen atoms in total. The van der Waals surface area contributed by atoms with E-state index >= 15 is 0 Å². The third-order valence-electron chi connectivity index (χ3n) is 3.85. The summed E-state index contributed by atoms with van der Waals surface area (Å²) in [5, 5.41) is 21.6. The van der Waals surface area contributed by atoms with Gasteiger partial charge in [0.05, 0.1) is 5.41 Å². The molecule has 1 aliphatic carbocycles. The zero-order chi connectivity index (χ0) is 17.0. The fourth-order valence-corrected chi connectivity index (χ4v) is 2.64. The standard InChI is InChI=1S/C16H29NO5/c1-11(9-18)7-16(13(19)20,8-12-5-6-12)10-17-14(21)22-15(2,3)4/h11-12,18H,5-10H2,1-4H3,(H,17,21)(H,19,20). The normalized spacial score (nSPS) is 19.1. The lowest BCUT2D eigenvalue weighted by Crippen LogP contribution is -2.46. The number of carboxylic acids is 1. The molecule has 1 amide bonds. The first kappa shape index (κ1) is 18.7. The van der Waals surface area contributed by atoms with E-state index < -0.39 is 23.1 Å². The van der Waals surface area contributed by atoms with Gasteiger partial charge in [-0.25, -0.2) is 4.79 Å². The van der Waals surface area contributed by atoms with Gasteiger partial charge in [-0.05, 0) is 45.4 Å². The molecule has 0 aromatic rings. The first-order valence-corrected chi connectivity index (χ1v) is 7.89. The first-order valence-electron chi connectivity index (χ1n) is 7.89. The van der Waals surface area contributed by atoms with Gasteiger partial charge in [0.2, 0.25) is 0 Å². The van der Waals surface area contributed by atoms with Crippen LogP contribution >= 0.6 is 0 Å².